The fourth-order valence-corrected chi connectivity index (χ4v) is 3.41. The summed E-state index contributed by atoms with van der Waals surface area (Å²) < 4.78 is 5.55. The fraction of sp³-hybridized carbons (Fsp3) is 0.375. The minimum atomic E-state index is -0.636. The van der Waals surface area contributed by atoms with Crippen molar-refractivity contribution >= 4 is 29.1 Å². The molecular formula is C24H29N3O5. The van der Waals surface area contributed by atoms with E-state index in [1.54, 1.807) is 36.1 Å². The normalized spacial score (nSPS) is 16.6. The lowest BCUT2D eigenvalue weighted by molar-refractivity contribution is -0.126. The quantitative estimate of drug-likeness (QED) is 0.584. The summed E-state index contributed by atoms with van der Waals surface area (Å²) in [6.07, 6.45) is -0.509. The van der Waals surface area contributed by atoms with E-state index in [2.05, 4.69) is 10.6 Å². The first-order valence-electron chi connectivity index (χ1n) is 10.6. The van der Waals surface area contributed by atoms with Crippen molar-refractivity contribution in [3.05, 3.63) is 53.6 Å². The first-order chi connectivity index (χ1) is 15.2. The second-order valence-corrected chi connectivity index (χ2v) is 8.13. The van der Waals surface area contributed by atoms with E-state index < -0.39 is 12.0 Å². The maximum atomic E-state index is 12.4. The van der Waals surface area contributed by atoms with Crippen LogP contribution in [-0.4, -0.2) is 48.6 Å². The van der Waals surface area contributed by atoms with Gasteiger partial charge >= 0.3 is 0 Å². The van der Waals surface area contributed by atoms with Crippen LogP contribution in [0.25, 0.3) is 0 Å². The number of anilines is 2. The Morgan fingerprint density at radius 1 is 1.16 bits per heavy atom. The highest BCUT2D eigenvalue weighted by molar-refractivity contribution is 6.00. The molecule has 8 nitrogen and oxygen atoms in total. The van der Waals surface area contributed by atoms with Crippen LogP contribution < -0.4 is 20.3 Å². The van der Waals surface area contributed by atoms with Gasteiger partial charge in [0.15, 0.2) is 6.61 Å². The van der Waals surface area contributed by atoms with Crippen molar-refractivity contribution < 1.29 is 24.2 Å². The van der Waals surface area contributed by atoms with Gasteiger partial charge in [-0.25, -0.2) is 0 Å². The molecule has 0 spiro atoms. The highest BCUT2D eigenvalue weighted by Gasteiger charge is 2.35. The number of benzene rings is 2. The van der Waals surface area contributed by atoms with Gasteiger partial charge in [-0.3, -0.25) is 14.4 Å². The Labute approximate surface area is 187 Å². The van der Waals surface area contributed by atoms with E-state index >= 15 is 0 Å². The van der Waals surface area contributed by atoms with E-state index in [9.17, 15) is 19.5 Å². The van der Waals surface area contributed by atoms with Crippen LogP contribution in [0.2, 0.25) is 0 Å². The smallest absolute Gasteiger partial charge is 0.262 e. The Hall–Kier alpha value is -3.39. The zero-order chi connectivity index (χ0) is 23.3. The molecule has 1 heterocycles. The van der Waals surface area contributed by atoms with E-state index in [1.165, 1.54) is 0 Å². The SMILES string of the molecule is Cc1ccc(NC(=O)COc2ccc(N3C[C@H](C(=O)NC[C@H](C)O)CC3=O)cc2)cc1C. The van der Waals surface area contributed by atoms with E-state index in [4.69, 9.17) is 4.74 Å². The zero-order valence-corrected chi connectivity index (χ0v) is 18.6. The van der Waals surface area contributed by atoms with E-state index in [0.717, 1.165) is 16.8 Å². The highest BCUT2D eigenvalue weighted by atomic mass is 16.5. The number of amides is 3. The number of carbonyl (C=O) groups is 3. The molecule has 3 rings (SSSR count). The number of rotatable bonds is 8. The van der Waals surface area contributed by atoms with Gasteiger partial charge < -0.3 is 25.4 Å². The maximum absolute atomic E-state index is 12.4. The number of aliphatic hydroxyl groups excluding tert-OH is 1. The summed E-state index contributed by atoms with van der Waals surface area (Å²) in [5.74, 6) is -0.591. The average molecular weight is 440 g/mol. The molecule has 0 unspecified atom stereocenters. The zero-order valence-electron chi connectivity index (χ0n) is 18.6. The van der Waals surface area contributed by atoms with Crippen LogP contribution in [0.1, 0.15) is 24.5 Å². The third-order valence-electron chi connectivity index (χ3n) is 5.38. The number of aryl methyl sites for hydroxylation is 2. The monoisotopic (exact) mass is 439 g/mol. The van der Waals surface area contributed by atoms with E-state index in [-0.39, 0.29) is 43.8 Å². The molecule has 1 fully saturated rings. The lowest BCUT2D eigenvalue weighted by atomic mass is 10.1. The summed E-state index contributed by atoms with van der Waals surface area (Å²) in [7, 11) is 0. The maximum Gasteiger partial charge on any atom is 0.262 e. The van der Waals surface area contributed by atoms with Gasteiger partial charge in [-0.05, 0) is 68.3 Å². The van der Waals surface area contributed by atoms with Crippen LogP contribution in [0, 0.1) is 19.8 Å². The van der Waals surface area contributed by atoms with Gasteiger partial charge in [0.25, 0.3) is 5.91 Å². The largest absolute Gasteiger partial charge is 0.484 e. The minimum Gasteiger partial charge on any atom is -0.484 e. The molecule has 2 atom stereocenters. The summed E-state index contributed by atoms with van der Waals surface area (Å²) in [4.78, 5) is 38.3. The average Bonchev–Trinajstić information content (AvgIpc) is 3.15. The number of hydrogen-bond acceptors (Lipinski definition) is 5. The summed E-state index contributed by atoms with van der Waals surface area (Å²) in [6.45, 7) is 5.88. The number of hydrogen-bond donors (Lipinski definition) is 3. The molecule has 170 valence electrons. The molecule has 8 heteroatoms. The van der Waals surface area contributed by atoms with Crippen LogP contribution in [0.5, 0.6) is 5.75 Å². The third-order valence-corrected chi connectivity index (χ3v) is 5.38. The van der Waals surface area contributed by atoms with Crippen molar-refractivity contribution in [2.24, 2.45) is 5.92 Å². The van der Waals surface area contributed by atoms with Crippen LogP contribution in [0.3, 0.4) is 0 Å². The Bertz CT molecular complexity index is 988. The predicted octanol–water partition coefficient (Wildman–Crippen LogP) is 2.17. The molecule has 0 radical (unpaired) electrons. The van der Waals surface area contributed by atoms with Gasteiger partial charge in [-0.1, -0.05) is 6.07 Å². The number of nitrogens with zero attached hydrogens (tertiary/aromatic N) is 1. The number of carbonyl (C=O) groups excluding carboxylic acids is 3. The standard InChI is InChI=1S/C24H29N3O5/c1-15-4-5-19(10-16(15)2)26-22(29)14-32-21-8-6-20(7-9-21)27-13-18(11-23(27)30)24(31)25-12-17(3)28/h4-10,17-18,28H,11-14H2,1-3H3,(H,25,31)(H,26,29)/t17-,18+/m0/s1. The Morgan fingerprint density at radius 2 is 1.88 bits per heavy atom. The van der Waals surface area contributed by atoms with Crippen molar-refractivity contribution in [2.75, 3.05) is 29.9 Å². The van der Waals surface area contributed by atoms with Crippen LogP contribution in [0.15, 0.2) is 42.5 Å². The summed E-state index contributed by atoms with van der Waals surface area (Å²) in [5.41, 5.74) is 3.63. The summed E-state index contributed by atoms with van der Waals surface area (Å²) >= 11 is 0. The Kier molecular flexibility index (Phi) is 7.48. The van der Waals surface area contributed by atoms with Crippen LogP contribution in [-0.2, 0) is 14.4 Å². The summed E-state index contributed by atoms with van der Waals surface area (Å²) in [6, 6.07) is 12.5. The van der Waals surface area contributed by atoms with Crippen molar-refractivity contribution in [3.63, 3.8) is 0 Å². The highest BCUT2D eigenvalue weighted by Crippen LogP contribution is 2.27. The molecule has 0 aliphatic carbocycles. The number of ether oxygens (including phenoxy) is 1. The molecule has 1 aliphatic rings. The van der Waals surface area contributed by atoms with Gasteiger partial charge in [0.1, 0.15) is 5.75 Å². The van der Waals surface area contributed by atoms with Crippen molar-refractivity contribution in [2.45, 2.75) is 33.3 Å². The molecule has 1 saturated heterocycles. The molecule has 0 aromatic heterocycles. The molecule has 32 heavy (non-hydrogen) atoms. The van der Waals surface area contributed by atoms with E-state index in [1.807, 2.05) is 32.0 Å². The molecule has 2 aromatic rings. The van der Waals surface area contributed by atoms with Gasteiger partial charge in [0.05, 0.1) is 12.0 Å². The van der Waals surface area contributed by atoms with Crippen molar-refractivity contribution in [1.82, 2.24) is 5.32 Å². The number of nitrogens with one attached hydrogen (secondary N) is 2. The van der Waals surface area contributed by atoms with Gasteiger partial charge in [0, 0.05) is 30.9 Å². The minimum absolute atomic E-state index is 0.128. The molecule has 2 aromatic carbocycles. The Morgan fingerprint density at radius 3 is 2.53 bits per heavy atom. The number of aliphatic hydroxyl groups is 1. The molecule has 3 amide bonds. The third kappa shape index (κ3) is 6.07. The Balaban J connectivity index is 1.51. The van der Waals surface area contributed by atoms with Crippen LogP contribution in [0.4, 0.5) is 11.4 Å². The second kappa shape index (κ2) is 10.3. The van der Waals surface area contributed by atoms with Gasteiger partial charge in [0.2, 0.25) is 11.8 Å². The molecule has 1 aliphatic heterocycles. The van der Waals surface area contributed by atoms with Gasteiger partial charge in [-0.2, -0.15) is 0 Å². The fourth-order valence-electron chi connectivity index (χ4n) is 3.41. The molecule has 0 bridgehead atoms. The first-order valence-corrected chi connectivity index (χ1v) is 10.6. The topological polar surface area (TPSA) is 108 Å². The lowest BCUT2D eigenvalue weighted by Gasteiger charge is -2.17. The molecule has 3 N–H and O–H groups in total. The predicted molar refractivity (Wildman–Crippen MR) is 122 cm³/mol. The lowest BCUT2D eigenvalue weighted by Crippen LogP contribution is -2.36. The summed E-state index contributed by atoms with van der Waals surface area (Å²) in [5, 5.41) is 14.8. The van der Waals surface area contributed by atoms with Crippen molar-refractivity contribution in [1.29, 1.82) is 0 Å². The van der Waals surface area contributed by atoms with Crippen LogP contribution >= 0.6 is 0 Å². The molecule has 0 saturated carbocycles. The molecular weight excluding hydrogens is 410 g/mol. The van der Waals surface area contributed by atoms with Gasteiger partial charge in [-0.15, -0.1) is 0 Å². The van der Waals surface area contributed by atoms with Crippen molar-refractivity contribution in [3.8, 4) is 5.75 Å². The van der Waals surface area contributed by atoms with E-state index in [0.29, 0.717) is 11.4 Å². The second-order valence-electron chi connectivity index (χ2n) is 8.13. The first kappa shape index (κ1) is 23.3.